The van der Waals surface area contributed by atoms with Gasteiger partial charge >= 0.3 is 0 Å². The van der Waals surface area contributed by atoms with Gasteiger partial charge in [0.1, 0.15) is 0 Å². The molecule has 0 bridgehead atoms. The predicted octanol–water partition coefficient (Wildman–Crippen LogP) is 4.36. The third-order valence-electron chi connectivity index (χ3n) is 2.36. The van der Waals surface area contributed by atoms with E-state index < -0.39 is 0 Å². The van der Waals surface area contributed by atoms with Gasteiger partial charge in [0.05, 0.1) is 0 Å². The molecule has 0 N–H and O–H groups in total. The van der Waals surface area contributed by atoms with Crippen LogP contribution in [0, 0.1) is 26.7 Å². The average Bonchev–Trinajstić information content (AvgIpc) is 2.09. The first kappa shape index (κ1) is 11.6. The first-order valence-electron chi connectivity index (χ1n) is 5.21. The highest BCUT2D eigenvalue weighted by Gasteiger charge is 2.03. The molecule has 0 nitrogen and oxygen atoms in total. The summed E-state index contributed by atoms with van der Waals surface area (Å²) >= 11 is 1.98. The van der Waals surface area contributed by atoms with Gasteiger partial charge in [-0.2, -0.15) is 0 Å². The Morgan fingerprint density at radius 1 is 1.00 bits per heavy atom. The van der Waals surface area contributed by atoms with Crippen molar-refractivity contribution in [2.24, 2.45) is 5.92 Å². The van der Waals surface area contributed by atoms with Crippen molar-refractivity contribution in [2.45, 2.75) is 39.5 Å². The van der Waals surface area contributed by atoms with Gasteiger partial charge in [0.2, 0.25) is 0 Å². The number of hydrogen-bond donors (Lipinski definition) is 0. The molecule has 0 saturated heterocycles. The van der Waals surface area contributed by atoms with E-state index in [2.05, 4.69) is 46.8 Å². The fourth-order valence-electron chi connectivity index (χ4n) is 1.35. The summed E-state index contributed by atoms with van der Waals surface area (Å²) in [5.41, 5.74) is 4.22. The van der Waals surface area contributed by atoms with Crippen LogP contribution in [0.25, 0.3) is 0 Å². The summed E-state index contributed by atoms with van der Waals surface area (Å²) in [4.78, 5) is 1.45. The van der Waals surface area contributed by atoms with Gasteiger partial charge in [-0.3, -0.25) is 0 Å². The van der Waals surface area contributed by atoms with Crippen LogP contribution in [-0.4, -0.2) is 5.75 Å². The summed E-state index contributed by atoms with van der Waals surface area (Å²) in [5, 5.41) is 0. The molecule has 0 atom stereocenters. The van der Waals surface area contributed by atoms with Gasteiger partial charge in [0.25, 0.3) is 0 Å². The molecule has 0 aliphatic heterocycles. The molecule has 0 fully saturated rings. The number of hydrogen-bond acceptors (Lipinski definition) is 1. The average molecular weight is 208 g/mol. The zero-order chi connectivity index (χ0) is 10.7. The Balaban J connectivity index is 2.82. The number of thioether (sulfide) groups is 1. The van der Waals surface area contributed by atoms with Gasteiger partial charge in [-0.1, -0.05) is 19.9 Å². The molecule has 0 radical (unpaired) electrons. The van der Waals surface area contributed by atoms with Gasteiger partial charge < -0.3 is 0 Å². The van der Waals surface area contributed by atoms with Crippen LogP contribution in [0.15, 0.2) is 17.0 Å². The van der Waals surface area contributed by atoms with E-state index in [0.29, 0.717) is 0 Å². The van der Waals surface area contributed by atoms with Crippen molar-refractivity contribution in [2.75, 3.05) is 5.75 Å². The molecule has 0 aromatic heterocycles. The molecule has 0 amide bonds. The third kappa shape index (κ3) is 3.06. The standard InChI is InChI=1S/C13H20S/c1-9(2)8-14-13-7-11(4)10(3)6-12(13)5/h6-7,9H,8H2,1-5H3. The molecular formula is C13H20S. The Hall–Kier alpha value is -0.430. The number of rotatable bonds is 3. The Morgan fingerprint density at radius 3 is 2.14 bits per heavy atom. The summed E-state index contributed by atoms with van der Waals surface area (Å²) in [6.07, 6.45) is 0. The maximum absolute atomic E-state index is 2.32. The molecule has 14 heavy (non-hydrogen) atoms. The van der Waals surface area contributed by atoms with Crippen LogP contribution in [0.4, 0.5) is 0 Å². The van der Waals surface area contributed by atoms with Crippen LogP contribution < -0.4 is 0 Å². The Labute approximate surface area is 92.1 Å². The van der Waals surface area contributed by atoms with E-state index in [1.54, 1.807) is 0 Å². The summed E-state index contributed by atoms with van der Waals surface area (Å²) in [6, 6.07) is 4.61. The first-order chi connectivity index (χ1) is 6.50. The lowest BCUT2D eigenvalue weighted by Gasteiger charge is -2.10. The Kier molecular flexibility index (Phi) is 4.06. The van der Waals surface area contributed by atoms with Crippen molar-refractivity contribution in [1.82, 2.24) is 0 Å². The highest BCUT2D eigenvalue weighted by atomic mass is 32.2. The van der Waals surface area contributed by atoms with Gasteiger partial charge in [-0.15, -0.1) is 11.8 Å². The molecule has 78 valence electrons. The van der Waals surface area contributed by atoms with Gasteiger partial charge in [0.15, 0.2) is 0 Å². The van der Waals surface area contributed by atoms with E-state index in [4.69, 9.17) is 0 Å². The normalized spacial score (nSPS) is 11.0. The van der Waals surface area contributed by atoms with Gasteiger partial charge in [-0.05, 0) is 49.4 Å². The van der Waals surface area contributed by atoms with Crippen molar-refractivity contribution < 1.29 is 0 Å². The van der Waals surface area contributed by atoms with E-state index >= 15 is 0 Å². The minimum absolute atomic E-state index is 0.765. The van der Waals surface area contributed by atoms with Crippen molar-refractivity contribution in [3.05, 3.63) is 28.8 Å². The molecule has 1 aromatic rings. The van der Waals surface area contributed by atoms with Crippen LogP contribution in [0.2, 0.25) is 0 Å². The maximum atomic E-state index is 2.32. The predicted molar refractivity (Wildman–Crippen MR) is 66.2 cm³/mol. The lowest BCUT2D eigenvalue weighted by atomic mass is 10.1. The van der Waals surface area contributed by atoms with Crippen LogP contribution in [-0.2, 0) is 0 Å². The van der Waals surface area contributed by atoms with E-state index in [9.17, 15) is 0 Å². The molecule has 0 heterocycles. The first-order valence-corrected chi connectivity index (χ1v) is 6.20. The fraction of sp³-hybridized carbons (Fsp3) is 0.538. The van der Waals surface area contributed by atoms with Crippen LogP contribution in [0.1, 0.15) is 30.5 Å². The van der Waals surface area contributed by atoms with Crippen molar-refractivity contribution in [3.8, 4) is 0 Å². The summed E-state index contributed by atoms with van der Waals surface area (Å²) in [6.45, 7) is 11.1. The summed E-state index contributed by atoms with van der Waals surface area (Å²) < 4.78 is 0. The van der Waals surface area contributed by atoms with E-state index in [-0.39, 0.29) is 0 Å². The Bertz CT molecular complexity index is 313. The number of benzene rings is 1. The third-order valence-corrected chi connectivity index (χ3v) is 3.95. The molecule has 1 heteroatoms. The quantitative estimate of drug-likeness (QED) is 0.665. The number of aryl methyl sites for hydroxylation is 3. The zero-order valence-corrected chi connectivity index (χ0v) is 10.7. The molecule has 0 aliphatic rings. The minimum Gasteiger partial charge on any atom is -0.126 e. The second-order valence-electron chi connectivity index (χ2n) is 4.41. The monoisotopic (exact) mass is 208 g/mol. The molecule has 1 rings (SSSR count). The highest BCUT2D eigenvalue weighted by Crippen LogP contribution is 2.26. The molecule has 0 spiro atoms. The largest absolute Gasteiger partial charge is 0.126 e. The summed E-state index contributed by atoms with van der Waals surface area (Å²) in [5.74, 6) is 1.98. The second kappa shape index (κ2) is 4.88. The molecule has 0 unspecified atom stereocenters. The van der Waals surface area contributed by atoms with Crippen molar-refractivity contribution in [1.29, 1.82) is 0 Å². The van der Waals surface area contributed by atoms with Crippen LogP contribution >= 0.6 is 11.8 Å². The smallest absolute Gasteiger partial charge is 0.0104 e. The Morgan fingerprint density at radius 2 is 1.57 bits per heavy atom. The molecule has 0 aliphatic carbocycles. The maximum Gasteiger partial charge on any atom is 0.0104 e. The van der Waals surface area contributed by atoms with Crippen LogP contribution in [0.5, 0.6) is 0 Å². The highest BCUT2D eigenvalue weighted by molar-refractivity contribution is 7.99. The topological polar surface area (TPSA) is 0 Å². The van der Waals surface area contributed by atoms with E-state index in [1.165, 1.54) is 27.3 Å². The zero-order valence-electron chi connectivity index (χ0n) is 9.85. The second-order valence-corrected chi connectivity index (χ2v) is 5.47. The van der Waals surface area contributed by atoms with Crippen molar-refractivity contribution >= 4 is 11.8 Å². The lowest BCUT2D eigenvalue weighted by molar-refractivity contribution is 0.750. The SMILES string of the molecule is Cc1cc(C)c(SCC(C)C)cc1C. The lowest BCUT2D eigenvalue weighted by Crippen LogP contribution is -1.93. The van der Waals surface area contributed by atoms with E-state index in [0.717, 1.165) is 5.92 Å². The molecular weight excluding hydrogens is 188 g/mol. The van der Waals surface area contributed by atoms with Gasteiger partial charge in [0, 0.05) is 10.6 Å². The summed E-state index contributed by atoms with van der Waals surface area (Å²) in [7, 11) is 0. The van der Waals surface area contributed by atoms with Crippen LogP contribution in [0.3, 0.4) is 0 Å². The van der Waals surface area contributed by atoms with Crippen molar-refractivity contribution in [3.63, 3.8) is 0 Å². The minimum atomic E-state index is 0.765. The van der Waals surface area contributed by atoms with E-state index in [1.807, 2.05) is 11.8 Å². The van der Waals surface area contributed by atoms with Gasteiger partial charge in [-0.25, -0.2) is 0 Å². The fourth-order valence-corrected chi connectivity index (χ4v) is 2.41. The molecule has 1 aromatic carbocycles. The molecule has 0 saturated carbocycles.